The summed E-state index contributed by atoms with van der Waals surface area (Å²) in [6.45, 7) is 1.90. The molecule has 2 saturated carbocycles. The van der Waals surface area contributed by atoms with Crippen LogP contribution in [0.1, 0.15) is 46.5 Å². The maximum Gasteiger partial charge on any atom is 0.268 e. The van der Waals surface area contributed by atoms with Crippen molar-refractivity contribution >= 4 is 29.2 Å². The third-order valence-corrected chi connectivity index (χ3v) is 6.59. The third-order valence-electron chi connectivity index (χ3n) is 5.77. The van der Waals surface area contributed by atoms with Gasteiger partial charge in [0, 0.05) is 16.5 Å². The van der Waals surface area contributed by atoms with Gasteiger partial charge in [-0.3, -0.25) is 9.59 Å². The smallest absolute Gasteiger partial charge is 0.268 e. The predicted octanol–water partition coefficient (Wildman–Crippen LogP) is 4.13. The molecule has 0 radical (unpaired) electrons. The summed E-state index contributed by atoms with van der Waals surface area (Å²) in [5.74, 6) is 0.905. The Bertz CT molecular complexity index is 872. The molecule has 0 spiro atoms. The van der Waals surface area contributed by atoms with Crippen LogP contribution in [0, 0.1) is 18.8 Å². The number of carbonyl (C=O) groups is 2. The van der Waals surface area contributed by atoms with Crippen LogP contribution in [0.4, 0.5) is 0 Å². The lowest BCUT2D eigenvalue weighted by atomic mass is 9.95. The Kier molecular flexibility index (Phi) is 5.12. The maximum absolute atomic E-state index is 13.0. The molecule has 1 heterocycles. The number of rotatable bonds is 5. The summed E-state index contributed by atoms with van der Waals surface area (Å²) in [5.41, 5.74) is 1.79. The van der Waals surface area contributed by atoms with E-state index in [4.69, 9.17) is 0 Å². The van der Waals surface area contributed by atoms with E-state index in [1.165, 1.54) is 19.3 Å². The summed E-state index contributed by atoms with van der Waals surface area (Å²) in [7, 11) is 0. The van der Waals surface area contributed by atoms with Crippen molar-refractivity contribution in [2.75, 3.05) is 0 Å². The Hall–Kier alpha value is -2.40. The molecule has 2 fully saturated rings. The molecule has 0 aliphatic heterocycles. The zero-order valence-electron chi connectivity index (χ0n) is 15.4. The van der Waals surface area contributed by atoms with Gasteiger partial charge < -0.3 is 10.6 Å². The molecule has 2 N–H and O–H groups in total. The van der Waals surface area contributed by atoms with Gasteiger partial charge in [-0.15, -0.1) is 11.3 Å². The van der Waals surface area contributed by atoms with Gasteiger partial charge in [0.15, 0.2) is 0 Å². The summed E-state index contributed by atoms with van der Waals surface area (Å²) < 4.78 is 0. The Morgan fingerprint density at radius 2 is 1.96 bits per heavy atom. The van der Waals surface area contributed by atoms with Gasteiger partial charge in [-0.2, -0.15) is 0 Å². The van der Waals surface area contributed by atoms with Crippen molar-refractivity contribution in [1.29, 1.82) is 0 Å². The van der Waals surface area contributed by atoms with Gasteiger partial charge in [-0.05, 0) is 67.2 Å². The molecule has 0 saturated heterocycles. The van der Waals surface area contributed by atoms with Crippen LogP contribution in [-0.2, 0) is 4.79 Å². The molecule has 0 unspecified atom stereocenters. The second kappa shape index (κ2) is 7.69. The van der Waals surface area contributed by atoms with Crippen molar-refractivity contribution < 1.29 is 9.59 Å². The molecule has 5 heteroatoms. The minimum Gasteiger partial charge on any atom is -0.348 e. The summed E-state index contributed by atoms with van der Waals surface area (Å²) in [6, 6.07) is 11.5. The van der Waals surface area contributed by atoms with Crippen LogP contribution < -0.4 is 10.6 Å². The summed E-state index contributed by atoms with van der Waals surface area (Å²) >= 11 is 1.54. The highest BCUT2D eigenvalue weighted by atomic mass is 32.1. The zero-order chi connectivity index (χ0) is 18.8. The molecule has 4 nitrogen and oxygen atoms in total. The molecule has 4 rings (SSSR count). The van der Waals surface area contributed by atoms with Crippen molar-refractivity contribution in [3.63, 3.8) is 0 Å². The van der Waals surface area contributed by atoms with E-state index in [-0.39, 0.29) is 17.9 Å². The molecule has 140 valence electrons. The number of hydrogen-bond donors (Lipinski definition) is 2. The van der Waals surface area contributed by atoms with Crippen LogP contribution in [0.5, 0.6) is 0 Å². The van der Waals surface area contributed by atoms with Gasteiger partial charge in [-0.25, -0.2) is 0 Å². The van der Waals surface area contributed by atoms with Crippen LogP contribution in [0.25, 0.3) is 6.08 Å². The number of nitrogens with one attached hydrogen (secondary N) is 2. The number of hydrogen-bond acceptors (Lipinski definition) is 3. The number of aryl methyl sites for hydroxylation is 1. The van der Waals surface area contributed by atoms with Gasteiger partial charge in [0.05, 0.1) is 0 Å². The second-order valence-electron chi connectivity index (χ2n) is 7.60. The Balaban J connectivity index is 1.53. The van der Waals surface area contributed by atoms with Gasteiger partial charge in [0.2, 0.25) is 0 Å². The molecule has 2 amide bonds. The van der Waals surface area contributed by atoms with E-state index >= 15 is 0 Å². The molecule has 2 aliphatic carbocycles. The first kappa shape index (κ1) is 18.0. The van der Waals surface area contributed by atoms with E-state index in [1.54, 1.807) is 23.5 Å². The fourth-order valence-corrected chi connectivity index (χ4v) is 5.02. The fourth-order valence-electron chi connectivity index (χ4n) is 4.36. The van der Waals surface area contributed by atoms with E-state index in [0.29, 0.717) is 17.2 Å². The van der Waals surface area contributed by atoms with Crippen LogP contribution in [0.15, 0.2) is 47.5 Å². The van der Waals surface area contributed by atoms with Crippen LogP contribution in [0.3, 0.4) is 0 Å². The molecule has 27 heavy (non-hydrogen) atoms. The topological polar surface area (TPSA) is 58.2 Å². The van der Waals surface area contributed by atoms with E-state index in [9.17, 15) is 9.59 Å². The lowest BCUT2D eigenvalue weighted by molar-refractivity contribution is -0.118. The SMILES string of the molecule is Cc1ccccc1C(=O)N/C(=C\c1cccs1)C(=O)N[C@H]1C[C@@H]2CC[C@@H]1C2. The Morgan fingerprint density at radius 1 is 1.11 bits per heavy atom. The molecule has 2 aromatic rings. The van der Waals surface area contributed by atoms with Crippen LogP contribution in [0.2, 0.25) is 0 Å². The molecular formula is C22H24N2O2S. The van der Waals surface area contributed by atoms with Gasteiger partial charge in [0.25, 0.3) is 11.8 Å². The normalized spacial score (nSPS) is 24.0. The first-order valence-electron chi connectivity index (χ1n) is 9.53. The first-order valence-corrected chi connectivity index (χ1v) is 10.4. The standard InChI is InChI=1S/C22H24N2O2S/c1-14-5-2-3-7-18(14)21(25)24-20(13-17-6-4-10-27-17)22(26)23-19-12-15-8-9-16(19)11-15/h2-7,10,13,15-16,19H,8-9,11-12H2,1H3,(H,23,26)(H,24,25)/b20-13-/t15-,16-,19+/m1/s1. The summed E-state index contributed by atoms with van der Waals surface area (Å²) in [4.78, 5) is 26.7. The Labute approximate surface area is 163 Å². The molecule has 1 aromatic carbocycles. The summed E-state index contributed by atoms with van der Waals surface area (Å²) in [5, 5.41) is 7.98. The van der Waals surface area contributed by atoms with Crippen LogP contribution >= 0.6 is 11.3 Å². The summed E-state index contributed by atoms with van der Waals surface area (Å²) in [6.07, 6.45) is 6.55. The monoisotopic (exact) mass is 380 g/mol. The van der Waals surface area contributed by atoms with Crippen molar-refractivity contribution in [1.82, 2.24) is 10.6 Å². The van der Waals surface area contributed by atoms with E-state index < -0.39 is 0 Å². The van der Waals surface area contributed by atoms with Gasteiger partial charge in [-0.1, -0.05) is 30.7 Å². The first-order chi connectivity index (χ1) is 13.1. The minimum atomic E-state index is -0.251. The van der Waals surface area contributed by atoms with Gasteiger partial charge in [0.1, 0.15) is 5.70 Å². The number of amides is 2. The second-order valence-corrected chi connectivity index (χ2v) is 8.58. The minimum absolute atomic E-state index is 0.192. The van der Waals surface area contributed by atoms with Crippen molar-refractivity contribution in [2.45, 2.75) is 38.6 Å². The molecule has 2 aliphatic rings. The predicted molar refractivity (Wildman–Crippen MR) is 108 cm³/mol. The zero-order valence-corrected chi connectivity index (χ0v) is 16.2. The fraction of sp³-hybridized carbons (Fsp3) is 0.364. The average molecular weight is 381 g/mol. The highest BCUT2D eigenvalue weighted by Gasteiger charge is 2.40. The third kappa shape index (κ3) is 3.98. The maximum atomic E-state index is 13.0. The average Bonchev–Trinajstić information content (AvgIpc) is 3.39. The number of thiophene rings is 1. The van der Waals surface area contributed by atoms with Crippen LogP contribution in [-0.4, -0.2) is 17.9 Å². The molecule has 2 bridgehead atoms. The highest BCUT2D eigenvalue weighted by molar-refractivity contribution is 7.10. The van der Waals surface area contributed by atoms with Crippen molar-refractivity contribution in [2.24, 2.45) is 11.8 Å². The lowest BCUT2D eigenvalue weighted by Crippen LogP contribution is -2.42. The quantitative estimate of drug-likeness (QED) is 0.766. The number of benzene rings is 1. The van der Waals surface area contributed by atoms with Gasteiger partial charge >= 0.3 is 0 Å². The van der Waals surface area contributed by atoms with E-state index in [1.807, 2.05) is 42.6 Å². The largest absolute Gasteiger partial charge is 0.348 e. The van der Waals surface area contributed by atoms with E-state index in [0.717, 1.165) is 22.8 Å². The molecule has 3 atom stereocenters. The Morgan fingerprint density at radius 3 is 2.63 bits per heavy atom. The number of carbonyl (C=O) groups excluding carboxylic acids is 2. The highest BCUT2D eigenvalue weighted by Crippen LogP contribution is 2.44. The molecular weight excluding hydrogens is 356 g/mol. The lowest BCUT2D eigenvalue weighted by Gasteiger charge is -2.23. The van der Waals surface area contributed by atoms with E-state index in [2.05, 4.69) is 10.6 Å². The number of fused-ring (bicyclic) bond motifs is 2. The van der Waals surface area contributed by atoms with Crippen molar-refractivity contribution in [3.8, 4) is 0 Å². The van der Waals surface area contributed by atoms with Crippen molar-refractivity contribution in [3.05, 3.63) is 63.5 Å². The molecule has 1 aromatic heterocycles.